The van der Waals surface area contributed by atoms with Crippen molar-refractivity contribution in [3.8, 4) is 5.75 Å². The topological polar surface area (TPSA) is 132 Å². The van der Waals surface area contributed by atoms with Gasteiger partial charge in [0, 0.05) is 24.0 Å². The van der Waals surface area contributed by atoms with E-state index in [2.05, 4.69) is 4.98 Å². The Hall–Kier alpha value is -3.68. The van der Waals surface area contributed by atoms with E-state index >= 15 is 0 Å². The highest BCUT2D eigenvalue weighted by Gasteiger charge is 2.13. The molecule has 0 spiro atoms. The van der Waals surface area contributed by atoms with Gasteiger partial charge in [0.15, 0.2) is 5.58 Å². The largest absolute Gasteiger partial charge is 0.868 e. The first-order valence-corrected chi connectivity index (χ1v) is 7.16. The number of carbonyl (C=O) groups is 1. The summed E-state index contributed by atoms with van der Waals surface area (Å²) in [4.78, 5) is 25.3. The third kappa shape index (κ3) is 3.47. The SMILES string of the molecule is O=C([O-])C/C(=C\c1ccc([O-])c([N+](=O)[O-])c1)c1nc2ccccc2o1. The van der Waals surface area contributed by atoms with Crippen molar-refractivity contribution >= 4 is 34.4 Å². The minimum Gasteiger partial charge on any atom is -0.868 e. The lowest BCUT2D eigenvalue weighted by Gasteiger charge is -2.08. The number of fused-ring (bicyclic) bond motifs is 1. The first-order chi connectivity index (χ1) is 11.9. The smallest absolute Gasteiger partial charge is 0.262 e. The van der Waals surface area contributed by atoms with E-state index in [0.717, 1.165) is 12.1 Å². The number of oxazole rings is 1. The summed E-state index contributed by atoms with van der Waals surface area (Å²) in [5.74, 6) is -2.02. The summed E-state index contributed by atoms with van der Waals surface area (Å²) in [6.45, 7) is 0. The molecular formula is C17H10N2O6-2. The number of nitro groups is 1. The molecule has 8 heteroatoms. The van der Waals surface area contributed by atoms with Crippen LogP contribution in [-0.4, -0.2) is 15.9 Å². The van der Waals surface area contributed by atoms with E-state index < -0.39 is 28.8 Å². The van der Waals surface area contributed by atoms with Crippen LogP contribution in [0, 0.1) is 10.1 Å². The molecule has 0 aliphatic rings. The average Bonchev–Trinajstić information content (AvgIpc) is 2.99. The van der Waals surface area contributed by atoms with Crippen LogP contribution in [0.5, 0.6) is 5.75 Å². The molecule has 25 heavy (non-hydrogen) atoms. The Morgan fingerprint density at radius 3 is 2.68 bits per heavy atom. The van der Waals surface area contributed by atoms with E-state index in [1.54, 1.807) is 24.3 Å². The van der Waals surface area contributed by atoms with E-state index in [-0.39, 0.29) is 17.0 Å². The second-order valence-corrected chi connectivity index (χ2v) is 5.19. The Bertz CT molecular complexity index is 972. The Morgan fingerprint density at radius 2 is 2.00 bits per heavy atom. The second-order valence-electron chi connectivity index (χ2n) is 5.19. The number of hydrogen-bond acceptors (Lipinski definition) is 7. The molecule has 126 valence electrons. The quantitative estimate of drug-likeness (QED) is 0.508. The van der Waals surface area contributed by atoms with Gasteiger partial charge in [-0.05, 0) is 29.5 Å². The lowest BCUT2D eigenvalue weighted by molar-refractivity contribution is -0.398. The van der Waals surface area contributed by atoms with E-state index in [0.29, 0.717) is 11.1 Å². The number of para-hydroxylation sites is 2. The van der Waals surface area contributed by atoms with Crippen molar-refractivity contribution in [2.45, 2.75) is 6.42 Å². The van der Waals surface area contributed by atoms with Crippen molar-refractivity contribution in [3.05, 3.63) is 64.0 Å². The van der Waals surface area contributed by atoms with E-state index in [1.807, 2.05) is 0 Å². The summed E-state index contributed by atoms with van der Waals surface area (Å²) in [6, 6.07) is 10.4. The maximum Gasteiger partial charge on any atom is 0.262 e. The van der Waals surface area contributed by atoms with Crippen molar-refractivity contribution in [1.29, 1.82) is 0 Å². The van der Waals surface area contributed by atoms with E-state index in [1.165, 1.54) is 12.1 Å². The molecular weight excluding hydrogens is 328 g/mol. The van der Waals surface area contributed by atoms with Gasteiger partial charge in [-0.15, -0.1) is 0 Å². The molecule has 1 heterocycles. The zero-order chi connectivity index (χ0) is 18.0. The number of nitrogens with zero attached hydrogens (tertiary/aromatic N) is 2. The van der Waals surface area contributed by atoms with Crippen LogP contribution in [0.1, 0.15) is 17.9 Å². The fraction of sp³-hybridized carbons (Fsp3) is 0.0588. The molecule has 0 amide bonds. The molecule has 0 aliphatic heterocycles. The number of carbonyl (C=O) groups excluding carboxylic acids is 1. The van der Waals surface area contributed by atoms with Crippen molar-refractivity contribution in [2.24, 2.45) is 0 Å². The summed E-state index contributed by atoms with van der Waals surface area (Å²) in [5.41, 5.74) is 0.873. The number of nitro benzene ring substituents is 1. The van der Waals surface area contributed by atoms with Crippen LogP contribution < -0.4 is 10.2 Å². The van der Waals surface area contributed by atoms with Crippen LogP contribution >= 0.6 is 0 Å². The van der Waals surface area contributed by atoms with Gasteiger partial charge in [-0.1, -0.05) is 24.3 Å². The predicted molar refractivity (Wildman–Crippen MR) is 84.0 cm³/mol. The van der Waals surface area contributed by atoms with Crippen LogP contribution in [0.25, 0.3) is 22.7 Å². The number of aromatic nitrogens is 1. The number of rotatable bonds is 5. The molecule has 0 saturated heterocycles. The maximum absolute atomic E-state index is 11.5. The normalized spacial score (nSPS) is 11.6. The third-order valence-electron chi connectivity index (χ3n) is 3.42. The monoisotopic (exact) mass is 338 g/mol. The van der Waals surface area contributed by atoms with Crippen LogP contribution in [0.15, 0.2) is 46.9 Å². The van der Waals surface area contributed by atoms with Crippen molar-refractivity contribution in [1.82, 2.24) is 4.98 Å². The third-order valence-corrected chi connectivity index (χ3v) is 3.42. The highest BCUT2D eigenvalue weighted by Crippen LogP contribution is 2.28. The van der Waals surface area contributed by atoms with Gasteiger partial charge in [0.2, 0.25) is 5.89 Å². The maximum atomic E-state index is 11.5. The van der Waals surface area contributed by atoms with Gasteiger partial charge >= 0.3 is 0 Å². The number of benzene rings is 2. The van der Waals surface area contributed by atoms with Crippen LogP contribution in [0.4, 0.5) is 5.69 Å². The molecule has 1 aromatic heterocycles. The highest BCUT2D eigenvalue weighted by atomic mass is 16.6. The summed E-state index contributed by atoms with van der Waals surface area (Å²) < 4.78 is 5.54. The van der Waals surface area contributed by atoms with Gasteiger partial charge in [0.1, 0.15) is 5.52 Å². The van der Waals surface area contributed by atoms with Gasteiger partial charge in [-0.2, -0.15) is 0 Å². The predicted octanol–water partition coefficient (Wildman–Crippen LogP) is 1.49. The van der Waals surface area contributed by atoms with Crippen molar-refractivity contribution < 1.29 is 24.3 Å². The molecule has 8 nitrogen and oxygen atoms in total. The summed E-state index contributed by atoms with van der Waals surface area (Å²) >= 11 is 0. The van der Waals surface area contributed by atoms with Crippen LogP contribution in [0.2, 0.25) is 0 Å². The zero-order valence-corrected chi connectivity index (χ0v) is 12.7. The highest BCUT2D eigenvalue weighted by molar-refractivity contribution is 5.90. The Balaban J connectivity index is 2.09. The molecule has 0 radical (unpaired) electrons. The first kappa shape index (κ1) is 16.2. The minimum atomic E-state index is -1.36. The van der Waals surface area contributed by atoms with Gasteiger partial charge < -0.3 is 19.4 Å². The lowest BCUT2D eigenvalue weighted by atomic mass is 10.1. The molecule has 0 saturated carbocycles. The van der Waals surface area contributed by atoms with Crippen molar-refractivity contribution in [2.75, 3.05) is 0 Å². The summed E-state index contributed by atoms with van der Waals surface area (Å²) in [5, 5.41) is 33.4. The second kappa shape index (κ2) is 6.44. The molecule has 0 N–H and O–H groups in total. The fourth-order valence-electron chi connectivity index (χ4n) is 2.32. The Morgan fingerprint density at radius 1 is 1.24 bits per heavy atom. The lowest BCUT2D eigenvalue weighted by Crippen LogP contribution is -2.22. The average molecular weight is 338 g/mol. The van der Waals surface area contributed by atoms with Gasteiger partial charge in [-0.3, -0.25) is 10.1 Å². The Labute approximate surface area is 140 Å². The van der Waals surface area contributed by atoms with Gasteiger partial charge in [0.05, 0.1) is 4.92 Å². The van der Waals surface area contributed by atoms with Crippen LogP contribution in [-0.2, 0) is 4.79 Å². The fourth-order valence-corrected chi connectivity index (χ4v) is 2.32. The number of carboxylic acid groups (broad SMARTS) is 1. The number of carboxylic acids is 1. The zero-order valence-electron chi connectivity index (χ0n) is 12.7. The number of aliphatic carboxylic acids is 1. The van der Waals surface area contributed by atoms with Crippen molar-refractivity contribution in [3.63, 3.8) is 0 Å². The standard InChI is InChI=1S/C17H12N2O6/c20-14-6-5-10(8-13(14)19(23)24)7-11(9-16(21)22)17-18-12-3-1-2-4-15(12)25-17/h1-8,20H,9H2,(H,21,22)/p-2/b11-7+. The molecule has 0 fully saturated rings. The Kier molecular flexibility index (Phi) is 4.17. The minimum absolute atomic E-state index is 0.0688. The molecule has 0 unspecified atom stereocenters. The van der Waals surface area contributed by atoms with Gasteiger partial charge in [0.25, 0.3) is 5.69 Å². The van der Waals surface area contributed by atoms with E-state index in [9.17, 15) is 25.1 Å². The molecule has 0 bridgehead atoms. The first-order valence-electron chi connectivity index (χ1n) is 7.16. The molecule has 2 aromatic carbocycles. The molecule has 3 rings (SSSR count). The van der Waals surface area contributed by atoms with Gasteiger partial charge in [-0.25, -0.2) is 4.98 Å². The van der Waals surface area contributed by atoms with E-state index in [4.69, 9.17) is 4.42 Å². The van der Waals surface area contributed by atoms with Crippen LogP contribution in [0.3, 0.4) is 0 Å². The molecule has 0 atom stereocenters. The molecule has 0 aliphatic carbocycles. The summed E-state index contributed by atoms with van der Waals surface area (Å²) in [7, 11) is 0. The summed E-state index contributed by atoms with van der Waals surface area (Å²) in [6.07, 6.45) is 0.868. The number of hydrogen-bond donors (Lipinski definition) is 0. The molecule has 3 aromatic rings.